The van der Waals surface area contributed by atoms with E-state index in [0.717, 1.165) is 68.5 Å². The minimum absolute atomic E-state index is 0.113. The first-order valence-electron chi connectivity index (χ1n) is 10.2. The minimum atomic E-state index is 0.113. The number of thiophene rings is 1. The summed E-state index contributed by atoms with van der Waals surface area (Å²) in [6.45, 7) is 4.68. The van der Waals surface area contributed by atoms with Crippen LogP contribution in [0.2, 0.25) is 4.34 Å². The molecule has 6 heteroatoms. The number of ether oxygens (including phenoxy) is 1. The zero-order valence-electron chi connectivity index (χ0n) is 16.1. The number of hydrogen-bond donors (Lipinski definition) is 0. The van der Waals surface area contributed by atoms with Crippen LogP contribution in [-0.2, 0) is 6.54 Å². The lowest BCUT2D eigenvalue weighted by Gasteiger charge is -2.32. The Morgan fingerprint density at radius 3 is 2.50 bits per heavy atom. The number of benzene rings is 1. The first-order valence-corrected chi connectivity index (χ1v) is 11.4. The van der Waals surface area contributed by atoms with E-state index in [1.807, 2.05) is 35.2 Å². The number of rotatable bonds is 5. The van der Waals surface area contributed by atoms with Crippen molar-refractivity contribution in [2.45, 2.75) is 44.8 Å². The standard InChI is InChI=1S/C22H27ClN2O2S/c23-21-9-8-18(28-21)16-24-14-10-17(11-15-24)27-20-7-3-2-6-19(20)22(26)25-12-4-1-5-13-25/h2-3,6-9,17H,1,4-5,10-16H2. The zero-order chi connectivity index (χ0) is 19.3. The average Bonchev–Trinajstić information content (AvgIpc) is 3.14. The largest absolute Gasteiger partial charge is 0.489 e. The molecule has 4 rings (SSSR count). The van der Waals surface area contributed by atoms with Crippen molar-refractivity contribution in [1.82, 2.24) is 9.80 Å². The molecular formula is C22H27ClN2O2S. The number of amides is 1. The highest BCUT2D eigenvalue weighted by Crippen LogP contribution is 2.27. The van der Waals surface area contributed by atoms with Gasteiger partial charge in [-0.25, -0.2) is 0 Å². The van der Waals surface area contributed by atoms with Gasteiger partial charge in [0.1, 0.15) is 11.9 Å². The van der Waals surface area contributed by atoms with Crippen LogP contribution in [0.25, 0.3) is 0 Å². The smallest absolute Gasteiger partial charge is 0.257 e. The Morgan fingerprint density at radius 2 is 1.79 bits per heavy atom. The molecular weight excluding hydrogens is 392 g/mol. The van der Waals surface area contributed by atoms with E-state index in [-0.39, 0.29) is 12.0 Å². The van der Waals surface area contributed by atoms with Crippen LogP contribution < -0.4 is 4.74 Å². The lowest BCUT2D eigenvalue weighted by molar-refractivity contribution is 0.0702. The number of carbonyl (C=O) groups excluding carboxylic acids is 1. The van der Waals surface area contributed by atoms with Crippen LogP contribution in [0.4, 0.5) is 0 Å². The number of likely N-dealkylation sites (tertiary alicyclic amines) is 2. The fourth-order valence-electron chi connectivity index (χ4n) is 4.04. The molecule has 0 N–H and O–H groups in total. The van der Waals surface area contributed by atoms with Crippen molar-refractivity contribution in [2.24, 2.45) is 0 Å². The maximum absolute atomic E-state index is 12.9. The first kappa shape index (κ1) is 19.7. The molecule has 0 aliphatic carbocycles. The minimum Gasteiger partial charge on any atom is -0.489 e. The van der Waals surface area contributed by atoms with Gasteiger partial charge in [0.2, 0.25) is 0 Å². The van der Waals surface area contributed by atoms with E-state index in [4.69, 9.17) is 16.3 Å². The molecule has 0 atom stereocenters. The number of para-hydroxylation sites is 1. The molecule has 3 heterocycles. The van der Waals surface area contributed by atoms with Crippen LogP contribution in [0, 0.1) is 0 Å². The monoisotopic (exact) mass is 418 g/mol. The summed E-state index contributed by atoms with van der Waals surface area (Å²) in [5, 5.41) is 0. The van der Waals surface area contributed by atoms with Gasteiger partial charge >= 0.3 is 0 Å². The van der Waals surface area contributed by atoms with E-state index in [2.05, 4.69) is 11.0 Å². The Kier molecular flexibility index (Phi) is 6.55. The highest BCUT2D eigenvalue weighted by Gasteiger charge is 2.25. The van der Waals surface area contributed by atoms with Gasteiger partial charge in [-0.05, 0) is 56.4 Å². The van der Waals surface area contributed by atoms with E-state index >= 15 is 0 Å². The normalized spacial score (nSPS) is 19.0. The fraction of sp³-hybridized carbons (Fsp3) is 0.500. The summed E-state index contributed by atoms with van der Waals surface area (Å²) >= 11 is 7.69. The maximum Gasteiger partial charge on any atom is 0.257 e. The Labute approximate surface area is 176 Å². The Bertz CT molecular complexity index is 795. The second kappa shape index (κ2) is 9.29. The molecule has 2 aliphatic heterocycles. The van der Waals surface area contributed by atoms with Crippen LogP contribution in [-0.4, -0.2) is 48.0 Å². The Morgan fingerprint density at radius 1 is 1.04 bits per heavy atom. The van der Waals surface area contributed by atoms with Crippen LogP contribution in [0.3, 0.4) is 0 Å². The first-order chi connectivity index (χ1) is 13.7. The van der Waals surface area contributed by atoms with E-state index in [1.165, 1.54) is 11.3 Å². The summed E-state index contributed by atoms with van der Waals surface area (Å²) in [6.07, 6.45) is 5.54. The molecule has 2 saturated heterocycles. The van der Waals surface area contributed by atoms with Gasteiger partial charge in [-0.2, -0.15) is 0 Å². The molecule has 2 aromatic rings. The van der Waals surface area contributed by atoms with Gasteiger partial charge in [0, 0.05) is 37.6 Å². The van der Waals surface area contributed by atoms with Crippen molar-refractivity contribution >= 4 is 28.8 Å². The Hall–Kier alpha value is -1.56. The predicted molar refractivity (Wildman–Crippen MR) is 114 cm³/mol. The lowest BCUT2D eigenvalue weighted by Crippen LogP contribution is -2.38. The fourth-order valence-corrected chi connectivity index (χ4v) is 5.17. The highest BCUT2D eigenvalue weighted by atomic mass is 35.5. The Balaban J connectivity index is 1.34. The molecule has 150 valence electrons. The van der Waals surface area contributed by atoms with Crippen molar-refractivity contribution in [1.29, 1.82) is 0 Å². The van der Waals surface area contributed by atoms with E-state index < -0.39 is 0 Å². The predicted octanol–water partition coefficient (Wildman–Crippen LogP) is 5.07. The van der Waals surface area contributed by atoms with Crippen molar-refractivity contribution in [3.8, 4) is 5.75 Å². The summed E-state index contributed by atoms with van der Waals surface area (Å²) < 4.78 is 7.16. The molecule has 4 nitrogen and oxygen atoms in total. The number of nitrogens with zero attached hydrogens (tertiary/aromatic N) is 2. The molecule has 2 aliphatic rings. The van der Waals surface area contributed by atoms with E-state index in [1.54, 1.807) is 11.3 Å². The van der Waals surface area contributed by atoms with Crippen LogP contribution in [0.1, 0.15) is 47.3 Å². The topological polar surface area (TPSA) is 32.8 Å². The second-order valence-electron chi connectivity index (χ2n) is 7.65. The van der Waals surface area contributed by atoms with Crippen molar-refractivity contribution < 1.29 is 9.53 Å². The SMILES string of the molecule is O=C(c1ccccc1OC1CCN(Cc2ccc(Cl)s2)CC1)N1CCCCC1. The summed E-state index contributed by atoms with van der Waals surface area (Å²) in [6, 6.07) is 11.8. The average molecular weight is 419 g/mol. The number of piperidine rings is 2. The third-order valence-electron chi connectivity index (χ3n) is 5.60. The van der Waals surface area contributed by atoms with E-state index in [0.29, 0.717) is 5.56 Å². The highest BCUT2D eigenvalue weighted by molar-refractivity contribution is 7.16. The number of hydrogen-bond acceptors (Lipinski definition) is 4. The number of carbonyl (C=O) groups is 1. The van der Waals surface area contributed by atoms with Crippen molar-refractivity contribution in [2.75, 3.05) is 26.2 Å². The van der Waals surface area contributed by atoms with Crippen LogP contribution >= 0.6 is 22.9 Å². The van der Waals surface area contributed by atoms with Crippen LogP contribution in [0.15, 0.2) is 36.4 Å². The van der Waals surface area contributed by atoms with E-state index in [9.17, 15) is 4.79 Å². The molecule has 2 fully saturated rings. The molecule has 0 unspecified atom stereocenters. The van der Waals surface area contributed by atoms with Gasteiger partial charge in [-0.1, -0.05) is 23.7 Å². The summed E-state index contributed by atoms with van der Waals surface area (Å²) in [5.41, 5.74) is 0.708. The molecule has 1 aromatic carbocycles. The summed E-state index contributed by atoms with van der Waals surface area (Å²) in [5.74, 6) is 0.851. The molecule has 0 spiro atoms. The summed E-state index contributed by atoms with van der Waals surface area (Å²) in [4.78, 5) is 18.7. The quantitative estimate of drug-likeness (QED) is 0.679. The molecule has 0 radical (unpaired) electrons. The maximum atomic E-state index is 12.9. The molecule has 28 heavy (non-hydrogen) atoms. The van der Waals surface area contributed by atoms with Crippen molar-refractivity contribution in [3.05, 3.63) is 51.2 Å². The van der Waals surface area contributed by atoms with Gasteiger partial charge in [0.25, 0.3) is 5.91 Å². The van der Waals surface area contributed by atoms with Gasteiger partial charge in [0.15, 0.2) is 0 Å². The molecule has 0 saturated carbocycles. The summed E-state index contributed by atoms with van der Waals surface area (Å²) in [7, 11) is 0. The molecule has 1 aromatic heterocycles. The van der Waals surface area contributed by atoms with Crippen molar-refractivity contribution in [3.63, 3.8) is 0 Å². The zero-order valence-corrected chi connectivity index (χ0v) is 17.7. The van der Waals surface area contributed by atoms with Crippen LogP contribution in [0.5, 0.6) is 5.75 Å². The number of halogens is 1. The van der Waals surface area contributed by atoms with Gasteiger partial charge < -0.3 is 9.64 Å². The third kappa shape index (κ3) is 4.88. The lowest BCUT2D eigenvalue weighted by atomic mass is 10.1. The molecule has 0 bridgehead atoms. The molecule has 1 amide bonds. The van der Waals surface area contributed by atoms with Gasteiger partial charge in [0.05, 0.1) is 9.90 Å². The van der Waals surface area contributed by atoms with Gasteiger partial charge in [-0.15, -0.1) is 11.3 Å². The third-order valence-corrected chi connectivity index (χ3v) is 6.81. The van der Waals surface area contributed by atoms with Gasteiger partial charge in [-0.3, -0.25) is 9.69 Å². The second-order valence-corrected chi connectivity index (χ2v) is 9.45.